The van der Waals surface area contributed by atoms with Crippen molar-refractivity contribution in [2.24, 2.45) is 0 Å². The van der Waals surface area contributed by atoms with Gasteiger partial charge >= 0.3 is 0 Å². The van der Waals surface area contributed by atoms with Crippen LogP contribution in [0.4, 0.5) is 10.1 Å². The van der Waals surface area contributed by atoms with E-state index in [0.717, 1.165) is 11.1 Å². The summed E-state index contributed by atoms with van der Waals surface area (Å²) >= 11 is 0. The Kier molecular flexibility index (Phi) is 5.12. The topological polar surface area (TPSA) is 74.2 Å². The van der Waals surface area contributed by atoms with E-state index in [0.29, 0.717) is 30.3 Å². The largest absolute Gasteiger partial charge is 0.457 e. The number of rotatable bonds is 5. The molecule has 2 N–H and O–H groups in total. The smallest absolute Gasteiger partial charge is 0.232 e. The molecule has 0 spiro atoms. The number of nitrogens with one attached hydrogen (secondary N) is 2. The molecule has 1 aliphatic heterocycles. The van der Waals surface area contributed by atoms with Crippen molar-refractivity contribution in [2.45, 2.75) is 5.92 Å². The van der Waals surface area contributed by atoms with Crippen LogP contribution in [-0.2, 0) is 4.79 Å². The fraction of sp³-hybridized carbons (Fsp3) is 0.130. The van der Waals surface area contributed by atoms with Crippen LogP contribution in [0.5, 0.6) is 11.5 Å². The van der Waals surface area contributed by atoms with Gasteiger partial charge in [-0.3, -0.25) is 4.79 Å². The lowest BCUT2D eigenvalue weighted by Gasteiger charge is -2.27. The molecule has 3 aromatic carbocycles. The highest BCUT2D eigenvalue weighted by Crippen LogP contribution is 2.43. The molecule has 3 aromatic rings. The summed E-state index contributed by atoms with van der Waals surface area (Å²) in [5.41, 5.74) is 2.00. The van der Waals surface area contributed by atoms with Crippen molar-refractivity contribution in [3.05, 3.63) is 89.2 Å². The van der Waals surface area contributed by atoms with Crippen LogP contribution in [-0.4, -0.2) is 19.0 Å². The maximum Gasteiger partial charge on any atom is 0.232 e. The number of halogens is 1. The molecule has 1 heterocycles. The number of hydrogen-bond acceptors (Lipinski definition) is 4. The normalized spacial score (nSPS) is 12.1. The highest BCUT2D eigenvalue weighted by molar-refractivity contribution is 5.89. The van der Waals surface area contributed by atoms with E-state index in [2.05, 4.69) is 10.6 Å². The van der Waals surface area contributed by atoms with Crippen molar-refractivity contribution in [2.75, 3.05) is 18.4 Å². The number of fused-ring (bicyclic) bond motifs is 2. The third kappa shape index (κ3) is 3.63. The summed E-state index contributed by atoms with van der Waals surface area (Å²) in [7, 11) is 0. The van der Waals surface area contributed by atoms with Crippen LogP contribution in [0.1, 0.15) is 22.6 Å². The lowest BCUT2D eigenvalue weighted by molar-refractivity contribution is -0.121. The molecule has 29 heavy (non-hydrogen) atoms. The van der Waals surface area contributed by atoms with Gasteiger partial charge in [0.15, 0.2) is 0 Å². The van der Waals surface area contributed by atoms with Crippen LogP contribution in [0.3, 0.4) is 0 Å². The van der Waals surface area contributed by atoms with Gasteiger partial charge in [-0.15, -0.1) is 0 Å². The van der Waals surface area contributed by atoms with Crippen molar-refractivity contribution in [1.29, 1.82) is 5.26 Å². The number of hydrogen-bond donors (Lipinski definition) is 2. The van der Waals surface area contributed by atoms with E-state index in [1.165, 1.54) is 12.1 Å². The Morgan fingerprint density at radius 1 is 0.966 bits per heavy atom. The Hall–Kier alpha value is -3.85. The second-order valence-electron chi connectivity index (χ2n) is 6.60. The minimum absolute atomic E-state index is 0.0360. The predicted molar refractivity (Wildman–Crippen MR) is 107 cm³/mol. The van der Waals surface area contributed by atoms with Crippen LogP contribution < -0.4 is 15.4 Å². The SMILES string of the molecule is N#Cc1c(F)cccc1NCCNC(=O)C1c2ccccc2Oc2ccccc21. The molecule has 0 bridgehead atoms. The average Bonchev–Trinajstić information content (AvgIpc) is 2.75. The van der Waals surface area contributed by atoms with Gasteiger partial charge in [-0.05, 0) is 24.3 Å². The van der Waals surface area contributed by atoms with Crippen LogP contribution in [0.25, 0.3) is 0 Å². The summed E-state index contributed by atoms with van der Waals surface area (Å²) in [5, 5.41) is 15.0. The van der Waals surface area contributed by atoms with Gasteiger partial charge in [0.05, 0.1) is 11.6 Å². The predicted octanol–water partition coefficient (Wildman–Crippen LogP) is 4.16. The van der Waals surface area contributed by atoms with Gasteiger partial charge in [0, 0.05) is 24.2 Å². The molecule has 4 rings (SSSR count). The number of carbonyl (C=O) groups excluding carboxylic acids is 1. The van der Waals surface area contributed by atoms with Crippen molar-refractivity contribution in [1.82, 2.24) is 5.32 Å². The fourth-order valence-corrected chi connectivity index (χ4v) is 3.46. The first kappa shape index (κ1) is 18.5. The molecule has 0 saturated carbocycles. The monoisotopic (exact) mass is 387 g/mol. The number of ether oxygens (including phenoxy) is 1. The van der Waals surface area contributed by atoms with E-state index in [9.17, 15) is 9.18 Å². The highest BCUT2D eigenvalue weighted by atomic mass is 19.1. The third-order valence-corrected chi connectivity index (χ3v) is 4.81. The quantitative estimate of drug-likeness (QED) is 0.645. The van der Waals surface area contributed by atoms with E-state index in [4.69, 9.17) is 10.00 Å². The van der Waals surface area contributed by atoms with E-state index < -0.39 is 11.7 Å². The molecular weight excluding hydrogens is 369 g/mol. The number of nitriles is 1. The fourth-order valence-electron chi connectivity index (χ4n) is 3.46. The van der Waals surface area contributed by atoms with Crippen LogP contribution >= 0.6 is 0 Å². The average molecular weight is 387 g/mol. The van der Waals surface area contributed by atoms with Crippen LogP contribution in [0.15, 0.2) is 66.7 Å². The maximum atomic E-state index is 13.7. The van der Waals surface area contributed by atoms with Crippen LogP contribution in [0.2, 0.25) is 0 Å². The van der Waals surface area contributed by atoms with Crippen LogP contribution in [0, 0.1) is 17.1 Å². The second-order valence-corrected chi connectivity index (χ2v) is 6.60. The second kappa shape index (κ2) is 8.03. The van der Waals surface area contributed by atoms with Gasteiger partial charge in [0.1, 0.15) is 28.9 Å². The summed E-state index contributed by atoms with van der Waals surface area (Å²) < 4.78 is 19.6. The first-order valence-electron chi connectivity index (χ1n) is 9.25. The van der Waals surface area contributed by atoms with Gasteiger partial charge in [-0.2, -0.15) is 5.26 Å². The van der Waals surface area contributed by atoms with Gasteiger partial charge in [-0.1, -0.05) is 42.5 Å². The number of benzene rings is 3. The summed E-state index contributed by atoms with van der Waals surface area (Å²) in [6.07, 6.45) is 0. The standard InChI is InChI=1S/C23H18FN3O2/c24-18-8-5-9-19(17(18)14-25)26-12-13-27-23(28)22-15-6-1-3-10-20(15)29-21-11-4-2-7-16(21)22/h1-11,22,26H,12-13H2,(H,27,28). The van der Waals surface area contributed by atoms with Gasteiger partial charge in [-0.25, -0.2) is 4.39 Å². The van der Waals surface area contributed by atoms with E-state index in [1.807, 2.05) is 54.6 Å². The van der Waals surface area contributed by atoms with E-state index >= 15 is 0 Å². The van der Waals surface area contributed by atoms with Crippen molar-refractivity contribution < 1.29 is 13.9 Å². The lowest BCUT2D eigenvalue weighted by atomic mass is 9.87. The summed E-state index contributed by atoms with van der Waals surface area (Å²) in [4.78, 5) is 13.0. The minimum Gasteiger partial charge on any atom is -0.457 e. The molecular formula is C23H18FN3O2. The Morgan fingerprint density at radius 2 is 1.62 bits per heavy atom. The zero-order chi connectivity index (χ0) is 20.2. The molecule has 0 fully saturated rings. The van der Waals surface area contributed by atoms with Crippen molar-refractivity contribution in [3.8, 4) is 17.6 Å². The zero-order valence-electron chi connectivity index (χ0n) is 15.5. The molecule has 6 heteroatoms. The zero-order valence-corrected chi connectivity index (χ0v) is 15.5. The van der Waals surface area contributed by atoms with E-state index in [1.54, 1.807) is 6.07 Å². The summed E-state index contributed by atoms with van der Waals surface area (Å²) in [6.45, 7) is 0.679. The molecule has 0 saturated heterocycles. The molecule has 0 unspecified atom stereocenters. The molecule has 144 valence electrons. The number of carbonyl (C=O) groups is 1. The van der Waals surface area contributed by atoms with Gasteiger partial charge in [0.2, 0.25) is 5.91 Å². The third-order valence-electron chi connectivity index (χ3n) is 4.81. The summed E-state index contributed by atoms with van der Waals surface area (Å²) in [5.74, 6) is 0.150. The highest BCUT2D eigenvalue weighted by Gasteiger charge is 2.32. The Balaban J connectivity index is 1.46. The molecule has 0 atom stereocenters. The molecule has 1 amide bonds. The first-order valence-corrected chi connectivity index (χ1v) is 9.25. The Bertz CT molecular complexity index is 1060. The minimum atomic E-state index is -0.572. The van der Waals surface area contributed by atoms with Crippen molar-refractivity contribution >= 4 is 11.6 Å². The first-order chi connectivity index (χ1) is 14.2. The molecule has 0 radical (unpaired) electrons. The lowest BCUT2D eigenvalue weighted by Crippen LogP contribution is -2.34. The van der Waals surface area contributed by atoms with Crippen molar-refractivity contribution in [3.63, 3.8) is 0 Å². The number of amides is 1. The Labute approximate surface area is 167 Å². The number of anilines is 1. The summed E-state index contributed by atoms with van der Waals surface area (Å²) in [6, 6.07) is 21.2. The number of nitrogens with zero attached hydrogens (tertiary/aromatic N) is 1. The van der Waals surface area contributed by atoms with Gasteiger partial charge in [0.25, 0.3) is 0 Å². The maximum absolute atomic E-state index is 13.7. The van der Waals surface area contributed by atoms with E-state index in [-0.39, 0.29) is 11.5 Å². The Morgan fingerprint density at radius 3 is 2.28 bits per heavy atom. The molecule has 0 aliphatic carbocycles. The number of para-hydroxylation sites is 2. The van der Waals surface area contributed by atoms with Gasteiger partial charge < -0.3 is 15.4 Å². The molecule has 1 aliphatic rings. The molecule has 0 aromatic heterocycles. The molecule has 5 nitrogen and oxygen atoms in total.